The molecule has 0 aliphatic heterocycles. The molecule has 0 amide bonds. The fourth-order valence-electron chi connectivity index (χ4n) is 4.23. The minimum absolute atomic E-state index is 0.404. The Morgan fingerprint density at radius 3 is 2.44 bits per heavy atom. The first-order valence-corrected chi connectivity index (χ1v) is 8.68. The molecule has 132 valence electrons. The Kier molecular flexibility index (Phi) is 3.93. The molecule has 2 saturated carbocycles. The molecule has 3 atom stereocenters. The highest BCUT2D eigenvalue weighted by Gasteiger charge is 2.39. The van der Waals surface area contributed by atoms with Crippen molar-refractivity contribution >= 4 is 5.82 Å². The van der Waals surface area contributed by atoms with E-state index < -0.39 is 11.7 Å². The zero-order chi connectivity index (χ0) is 17.6. The van der Waals surface area contributed by atoms with Gasteiger partial charge in [-0.25, -0.2) is 9.97 Å². The summed E-state index contributed by atoms with van der Waals surface area (Å²) in [6.07, 6.45) is 2.36. The average molecular weight is 347 g/mol. The summed E-state index contributed by atoms with van der Waals surface area (Å²) in [6.45, 7) is 1.82. The third-order valence-corrected chi connectivity index (χ3v) is 5.49. The van der Waals surface area contributed by atoms with Crippen molar-refractivity contribution in [2.45, 2.75) is 44.8 Å². The van der Waals surface area contributed by atoms with E-state index in [2.05, 4.69) is 15.3 Å². The van der Waals surface area contributed by atoms with E-state index >= 15 is 0 Å². The van der Waals surface area contributed by atoms with Gasteiger partial charge in [0.2, 0.25) is 0 Å². The van der Waals surface area contributed by atoms with E-state index in [0.29, 0.717) is 23.3 Å². The summed E-state index contributed by atoms with van der Waals surface area (Å²) < 4.78 is 38.3. The van der Waals surface area contributed by atoms with Crippen LogP contribution in [-0.4, -0.2) is 16.0 Å². The van der Waals surface area contributed by atoms with Crippen LogP contribution in [0.1, 0.15) is 37.1 Å². The Balaban J connectivity index is 1.63. The first-order chi connectivity index (χ1) is 11.9. The maximum absolute atomic E-state index is 12.8. The average Bonchev–Trinajstić information content (AvgIpc) is 3.17. The van der Waals surface area contributed by atoms with Gasteiger partial charge in [0.05, 0.1) is 5.56 Å². The van der Waals surface area contributed by atoms with E-state index in [4.69, 9.17) is 0 Å². The molecule has 2 aliphatic carbocycles. The number of nitrogens with one attached hydrogen (secondary N) is 1. The molecule has 0 spiro atoms. The Bertz CT molecular complexity index is 770. The third-order valence-electron chi connectivity index (χ3n) is 5.49. The molecule has 2 bridgehead atoms. The van der Waals surface area contributed by atoms with Crippen molar-refractivity contribution in [1.82, 2.24) is 9.97 Å². The Hall–Kier alpha value is -2.11. The van der Waals surface area contributed by atoms with Crippen LogP contribution in [0.2, 0.25) is 0 Å². The van der Waals surface area contributed by atoms with Crippen LogP contribution in [-0.2, 0) is 6.18 Å². The van der Waals surface area contributed by atoms with Crippen LogP contribution in [0.3, 0.4) is 0 Å². The fourth-order valence-corrected chi connectivity index (χ4v) is 4.23. The standard InChI is InChI=1S/C19H20F3N3/c1-11-23-10-16(13-4-6-15(7-5-13)19(20,21)22)18(24-11)25-17-9-12-2-3-14(17)8-12/h4-7,10,12,14,17H,2-3,8-9H2,1H3,(H,23,24,25)/t12?,14?,17-/m1/s1. The molecule has 2 unspecified atom stereocenters. The summed E-state index contributed by atoms with van der Waals surface area (Å²) in [6, 6.07) is 5.60. The van der Waals surface area contributed by atoms with Gasteiger partial charge in [0.1, 0.15) is 11.6 Å². The number of alkyl halides is 3. The van der Waals surface area contributed by atoms with Crippen molar-refractivity contribution in [3.05, 3.63) is 41.9 Å². The third kappa shape index (κ3) is 3.22. The van der Waals surface area contributed by atoms with Crippen molar-refractivity contribution in [3.63, 3.8) is 0 Å². The Labute approximate surface area is 144 Å². The number of benzene rings is 1. The number of fused-ring (bicyclic) bond motifs is 2. The summed E-state index contributed by atoms with van der Waals surface area (Å²) >= 11 is 0. The normalized spacial score (nSPS) is 25.4. The van der Waals surface area contributed by atoms with Crippen LogP contribution in [0.25, 0.3) is 11.1 Å². The zero-order valence-electron chi connectivity index (χ0n) is 14.0. The summed E-state index contributed by atoms with van der Waals surface area (Å²) in [5.41, 5.74) is 0.799. The predicted octanol–water partition coefficient (Wildman–Crippen LogP) is 5.07. The second-order valence-corrected chi connectivity index (χ2v) is 7.18. The summed E-state index contributed by atoms with van der Waals surface area (Å²) in [5.74, 6) is 2.87. The number of rotatable bonds is 3. The van der Waals surface area contributed by atoms with Gasteiger partial charge in [-0.3, -0.25) is 0 Å². The number of aryl methyl sites for hydroxylation is 1. The molecule has 3 nitrogen and oxygen atoms in total. The van der Waals surface area contributed by atoms with Gasteiger partial charge < -0.3 is 5.32 Å². The molecule has 25 heavy (non-hydrogen) atoms. The van der Waals surface area contributed by atoms with Crippen molar-refractivity contribution in [3.8, 4) is 11.1 Å². The topological polar surface area (TPSA) is 37.8 Å². The van der Waals surface area contributed by atoms with Gasteiger partial charge in [-0.2, -0.15) is 13.2 Å². The van der Waals surface area contributed by atoms with E-state index in [1.54, 1.807) is 6.20 Å². The van der Waals surface area contributed by atoms with E-state index in [1.165, 1.54) is 31.4 Å². The summed E-state index contributed by atoms with van der Waals surface area (Å²) in [4.78, 5) is 8.76. The number of halogens is 3. The zero-order valence-corrected chi connectivity index (χ0v) is 14.0. The lowest BCUT2D eigenvalue weighted by atomic mass is 9.95. The van der Waals surface area contributed by atoms with Gasteiger partial charge in [-0.15, -0.1) is 0 Å². The van der Waals surface area contributed by atoms with Gasteiger partial charge in [0, 0.05) is 17.8 Å². The minimum Gasteiger partial charge on any atom is -0.366 e. The van der Waals surface area contributed by atoms with Gasteiger partial charge >= 0.3 is 6.18 Å². The second-order valence-electron chi connectivity index (χ2n) is 7.18. The highest BCUT2D eigenvalue weighted by molar-refractivity contribution is 5.74. The quantitative estimate of drug-likeness (QED) is 0.842. The summed E-state index contributed by atoms with van der Waals surface area (Å²) in [5, 5.41) is 3.55. The molecule has 6 heteroatoms. The number of nitrogens with zero attached hydrogens (tertiary/aromatic N) is 2. The predicted molar refractivity (Wildman–Crippen MR) is 90.1 cm³/mol. The number of aromatic nitrogens is 2. The molecule has 1 aromatic heterocycles. The molecular formula is C19H20F3N3. The molecule has 1 heterocycles. The Morgan fingerprint density at radius 1 is 1.08 bits per heavy atom. The van der Waals surface area contributed by atoms with Crippen molar-refractivity contribution < 1.29 is 13.2 Å². The molecule has 0 radical (unpaired) electrons. The number of hydrogen-bond donors (Lipinski definition) is 1. The van der Waals surface area contributed by atoms with Crippen LogP contribution in [0.15, 0.2) is 30.5 Å². The first-order valence-electron chi connectivity index (χ1n) is 8.68. The molecule has 0 saturated heterocycles. The lowest BCUT2D eigenvalue weighted by molar-refractivity contribution is -0.137. The highest BCUT2D eigenvalue weighted by atomic mass is 19.4. The lowest BCUT2D eigenvalue weighted by Gasteiger charge is -2.24. The number of anilines is 1. The molecule has 1 N–H and O–H groups in total. The SMILES string of the molecule is Cc1ncc(-c2ccc(C(F)(F)F)cc2)c(N[C@@H]2CC3CCC2C3)n1. The highest BCUT2D eigenvalue weighted by Crippen LogP contribution is 2.46. The van der Waals surface area contributed by atoms with Crippen molar-refractivity contribution in [2.75, 3.05) is 5.32 Å². The number of hydrogen-bond acceptors (Lipinski definition) is 3. The fraction of sp³-hybridized carbons (Fsp3) is 0.474. The van der Waals surface area contributed by atoms with Crippen LogP contribution < -0.4 is 5.32 Å². The van der Waals surface area contributed by atoms with E-state index in [0.717, 1.165) is 35.9 Å². The summed E-state index contributed by atoms with van der Waals surface area (Å²) in [7, 11) is 0. The molecule has 2 fully saturated rings. The molecule has 2 aliphatic rings. The molecule has 2 aromatic rings. The lowest BCUT2D eigenvalue weighted by Crippen LogP contribution is -2.26. The van der Waals surface area contributed by atoms with Crippen LogP contribution in [0, 0.1) is 18.8 Å². The van der Waals surface area contributed by atoms with E-state index in [9.17, 15) is 13.2 Å². The van der Waals surface area contributed by atoms with E-state index in [-0.39, 0.29) is 0 Å². The minimum atomic E-state index is -4.33. The maximum atomic E-state index is 12.8. The van der Waals surface area contributed by atoms with Gasteiger partial charge in [-0.1, -0.05) is 18.6 Å². The van der Waals surface area contributed by atoms with Crippen LogP contribution >= 0.6 is 0 Å². The second kappa shape index (κ2) is 6.00. The smallest absolute Gasteiger partial charge is 0.366 e. The van der Waals surface area contributed by atoms with Crippen molar-refractivity contribution in [2.24, 2.45) is 11.8 Å². The van der Waals surface area contributed by atoms with Crippen LogP contribution in [0.4, 0.5) is 19.0 Å². The van der Waals surface area contributed by atoms with Gasteiger partial charge in [0.25, 0.3) is 0 Å². The Morgan fingerprint density at radius 2 is 1.84 bits per heavy atom. The first kappa shape index (κ1) is 16.4. The van der Waals surface area contributed by atoms with Crippen LogP contribution in [0.5, 0.6) is 0 Å². The molecular weight excluding hydrogens is 327 g/mol. The van der Waals surface area contributed by atoms with Gasteiger partial charge in [0.15, 0.2) is 0 Å². The monoisotopic (exact) mass is 347 g/mol. The maximum Gasteiger partial charge on any atom is 0.416 e. The van der Waals surface area contributed by atoms with Crippen molar-refractivity contribution in [1.29, 1.82) is 0 Å². The largest absolute Gasteiger partial charge is 0.416 e. The molecule has 1 aromatic carbocycles. The molecule has 4 rings (SSSR count). The van der Waals surface area contributed by atoms with Gasteiger partial charge in [-0.05, 0) is 55.7 Å². The van der Waals surface area contributed by atoms with E-state index in [1.807, 2.05) is 6.92 Å².